The van der Waals surface area contributed by atoms with Crippen molar-refractivity contribution < 1.29 is 27.8 Å². The molecule has 122 valence electrons. The number of ether oxygens (including phenoxy) is 1. The van der Waals surface area contributed by atoms with Crippen molar-refractivity contribution in [2.24, 2.45) is 0 Å². The smallest absolute Gasteiger partial charge is 0.430 e. The van der Waals surface area contributed by atoms with Crippen LogP contribution in [0.1, 0.15) is 37.5 Å². The van der Waals surface area contributed by atoms with E-state index in [2.05, 4.69) is 0 Å². The standard InChI is InChI=1S/C16H16BF3O3/c1-15(2,3)11-6-12-8(4-9(11)7-17)5-10(14(21)22)13(23-12)16(18,19)20/h4-6,13H,7H2,1-3H3,(H,21,22). The summed E-state index contributed by atoms with van der Waals surface area (Å²) < 4.78 is 44.2. The van der Waals surface area contributed by atoms with Gasteiger partial charge in [-0.15, -0.1) is 0 Å². The van der Waals surface area contributed by atoms with E-state index in [0.717, 1.165) is 17.2 Å². The molecule has 1 unspecified atom stereocenters. The number of hydrogen-bond acceptors (Lipinski definition) is 2. The summed E-state index contributed by atoms with van der Waals surface area (Å²) in [7, 11) is 5.71. The highest BCUT2D eigenvalue weighted by Gasteiger charge is 2.48. The molecule has 0 bridgehead atoms. The van der Waals surface area contributed by atoms with Gasteiger partial charge in [0.25, 0.3) is 0 Å². The number of aliphatic carboxylic acids is 1. The van der Waals surface area contributed by atoms with Gasteiger partial charge in [-0.3, -0.25) is 0 Å². The summed E-state index contributed by atoms with van der Waals surface area (Å²) in [6, 6.07) is 3.11. The van der Waals surface area contributed by atoms with Crippen LogP contribution in [0.25, 0.3) is 6.08 Å². The second-order valence-corrected chi connectivity index (χ2v) is 6.45. The van der Waals surface area contributed by atoms with Crippen LogP contribution in [0.15, 0.2) is 17.7 Å². The summed E-state index contributed by atoms with van der Waals surface area (Å²) in [6.07, 6.45) is -6.09. The van der Waals surface area contributed by atoms with Gasteiger partial charge in [0.2, 0.25) is 6.10 Å². The molecule has 1 heterocycles. The van der Waals surface area contributed by atoms with E-state index in [1.54, 1.807) is 6.07 Å². The number of alkyl halides is 3. The van der Waals surface area contributed by atoms with Crippen LogP contribution in [0, 0.1) is 0 Å². The third-order valence-corrected chi connectivity index (χ3v) is 3.65. The molecule has 1 aliphatic rings. The molecule has 3 nitrogen and oxygen atoms in total. The zero-order valence-electron chi connectivity index (χ0n) is 13.0. The first-order valence-corrected chi connectivity index (χ1v) is 7.01. The lowest BCUT2D eigenvalue weighted by atomic mass is 9.78. The topological polar surface area (TPSA) is 46.5 Å². The molecule has 7 heteroatoms. The molecule has 2 rings (SSSR count). The molecule has 0 saturated carbocycles. The SMILES string of the molecule is [B]Cc1cc2c(cc1C(C)(C)C)OC(C(F)(F)F)C(C(=O)O)=C2. The third kappa shape index (κ3) is 3.38. The van der Waals surface area contributed by atoms with Gasteiger partial charge in [0.05, 0.1) is 13.4 Å². The molecule has 0 aromatic heterocycles. The molecule has 0 amide bonds. The predicted octanol–water partition coefficient (Wildman–Crippen LogP) is 3.44. The largest absolute Gasteiger partial charge is 0.478 e. The molecule has 1 aromatic rings. The lowest BCUT2D eigenvalue weighted by Crippen LogP contribution is -2.40. The molecule has 1 atom stereocenters. The highest BCUT2D eigenvalue weighted by Crippen LogP contribution is 2.40. The fourth-order valence-corrected chi connectivity index (χ4v) is 2.58. The van der Waals surface area contributed by atoms with E-state index >= 15 is 0 Å². The Kier molecular flexibility index (Phi) is 4.26. The Bertz CT molecular complexity index is 672. The molecule has 1 aromatic carbocycles. The Balaban J connectivity index is 2.64. The van der Waals surface area contributed by atoms with Crippen LogP contribution in [-0.4, -0.2) is 31.2 Å². The lowest BCUT2D eigenvalue weighted by Gasteiger charge is -2.30. The van der Waals surface area contributed by atoms with Gasteiger partial charge < -0.3 is 9.84 Å². The fraction of sp³-hybridized carbons (Fsp3) is 0.438. The number of carboxylic acid groups (broad SMARTS) is 1. The van der Waals surface area contributed by atoms with Crippen LogP contribution in [-0.2, 0) is 16.5 Å². The summed E-state index contributed by atoms with van der Waals surface area (Å²) in [4.78, 5) is 11.1. The number of benzene rings is 1. The summed E-state index contributed by atoms with van der Waals surface area (Å²) in [5.74, 6) is -1.65. The van der Waals surface area contributed by atoms with Crippen molar-refractivity contribution in [1.29, 1.82) is 0 Å². The van der Waals surface area contributed by atoms with Gasteiger partial charge in [0, 0.05) is 5.56 Å². The Morgan fingerprint density at radius 3 is 2.35 bits per heavy atom. The molecule has 0 fully saturated rings. The molecule has 0 saturated heterocycles. The molecule has 0 spiro atoms. The van der Waals surface area contributed by atoms with Crippen LogP contribution < -0.4 is 4.74 Å². The molecule has 0 aliphatic carbocycles. The maximum atomic E-state index is 13.1. The van der Waals surface area contributed by atoms with E-state index < -0.39 is 23.8 Å². The van der Waals surface area contributed by atoms with Crippen LogP contribution in [0.5, 0.6) is 5.75 Å². The van der Waals surface area contributed by atoms with Crippen molar-refractivity contribution >= 4 is 19.9 Å². The molecule has 2 radical (unpaired) electrons. The molecular formula is C16H16BF3O3. The fourth-order valence-electron chi connectivity index (χ4n) is 2.58. The first-order valence-electron chi connectivity index (χ1n) is 7.01. The maximum absolute atomic E-state index is 13.1. The first-order chi connectivity index (χ1) is 10.4. The second-order valence-electron chi connectivity index (χ2n) is 6.45. The van der Waals surface area contributed by atoms with Gasteiger partial charge in [-0.05, 0) is 29.2 Å². The summed E-state index contributed by atoms with van der Waals surface area (Å²) in [5.41, 5.74) is 0.628. The highest BCUT2D eigenvalue weighted by molar-refractivity contribution is 6.08. The minimum absolute atomic E-state index is 0.0134. The lowest BCUT2D eigenvalue weighted by molar-refractivity contribution is -0.187. The first kappa shape index (κ1) is 17.4. The van der Waals surface area contributed by atoms with E-state index in [1.165, 1.54) is 6.07 Å². The zero-order chi connectivity index (χ0) is 17.6. The number of carboxylic acids is 1. The van der Waals surface area contributed by atoms with Crippen molar-refractivity contribution in [3.05, 3.63) is 34.4 Å². The number of halogens is 3. The van der Waals surface area contributed by atoms with Crippen molar-refractivity contribution in [1.82, 2.24) is 0 Å². The van der Waals surface area contributed by atoms with E-state index in [0.29, 0.717) is 0 Å². The van der Waals surface area contributed by atoms with Crippen molar-refractivity contribution in [3.63, 3.8) is 0 Å². The van der Waals surface area contributed by atoms with Gasteiger partial charge in [-0.25, -0.2) is 4.79 Å². The normalized spacial score (nSPS) is 18.0. The third-order valence-electron chi connectivity index (χ3n) is 3.65. The van der Waals surface area contributed by atoms with Crippen molar-refractivity contribution in [3.8, 4) is 5.75 Å². The Morgan fingerprint density at radius 1 is 1.30 bits per heavy atom. The van der Waals surface area contributed by atoms with Crippen LogP contribution in [0.2, 0.25) is 0 Å². The average Bonchev–Trinajstić information content (AvgIpc) is 2.42. The molecule has 1 N–H and O–H groups in total. The van der Waals surface area contributed by atoms with E-state index in [4.69, 9.17) is 17.7 Å². The maximum Gasteiger partial charge on any atom is 0.430 e. The zero-order valence-corrected chi connectivity index (χ0v) is 13.0. The van der Waals surface area contributed by atoms with Gasteiger partial charge >= 0.3 is 12.1 Å². The van der Waals surface area contributed by atoms with Gasteiger partial charge in [-0.1, -0.05) is 32.7 Å². The van der Waals surface area contributed by atoms with Crippen LogP contribution in [0.3, 0.4) is 0 Å². The van der Waals surface area contributed by atoms with Crippen LogP contribution in [0.4, 0.5) is 13.2 Å². The minimum atomic E-state index is -4.81. The Morgan fingerprint density at radius 2 is 1.91 bits per heavy atom. The van der Waals surface area contributed by atoms with Crippen molar-refractivity contribution in [2.75, 3.05) is 0 Å². The quantitative estimate of drug-likeness (QED) is 0.848. The second kappa shape index (κ2) is 5.62. The predicted molar refractivity (Wildman–Crippen MR) is 80.7 cm³/mol. The summed E-state index contributed by atoms with van der Waals surface area (Å²) >= 11 is 0. The van der Waals surface area contributed by atoms with Crippen LogP contribution >= 0.6 is 0 Å². The summed E-state index contributed by atoms with van der Waals surface area (Å²) in [5, 5.41) is 9.03. The highest BCUT2D eigenvalue weighted by atomic mass is 19.4. The molecule has 1 aliphatic heterocycles. The van der Waals surface area contributed by atoms with Gasteiger partial charge in [-0.2, -0.15) is 13.2 Å². The average molecular weight is 324 g/mol. The minimum Gasteiger partial charge on any atom is -0.478 e. The van der Waals surface area contributed by atoms with E-state index in [-0.39, 0.29) is 23.0 Å². The number of hydrogen-bond donors (Lipinski definition) is 1. The summed E-state index contributed by atoms with van der Waals surface area (Å²) in [6.45, 7) is 5.74. The van der Waals surface area contributed by atoms with Gasteiger partial charge in [0.15, 0.2) is 0 Å². The molecule has 23 heavy (non-hydrogen) atoms. The van der Waals surface area contributed by atoms with Crippen molar-refractivity contribution in [2.45, 2.75) is 44.8 Å². The number of carbonyl (C=O) groups is 1. The Hall–Kier alpha value is -1.92. The number of fused-ring (bicyclic) bond motifs is 1. The van der Waals surface area contributed by atoms with E-state index in [9.17, 15) is 18.0 Å². The molecular weight excluding hydrogens is 308 g/mol. The number of rotatable bonds is 2. The monoisotopic (exact) mass is 324 g/mol. The Labute approximate surface area is 133 Å². The van der Waals surface area contributed by atoms with E-state index in [1.807, 2.05) is 20.8 Å². The van der Waals surface area contributed by atoms with Gasteiger partial charge in [0.1, 0.15) is 5.75 Å².